The summed E-state index contributed by atoms with van der Waals surface area (Å²) in [6.45, 7) is 3.61. The van der Waals surface area contributed by atoms with Crippen molar-refractivity contribution in [2.24, 2.45) is 21.7 Å². The zero-order valence-electron chi connectivity index (χ0n) is 18.5. The first-order valence-electron chi connectivity index (χ1n) is 10.7. The fourth-order valence-electron chi connectivity index (χ4n) is 4.49. The van der Waals surface area contributed by atoms with Crippen LogP contribution in [0.25, 0.3) is 16.5 Å². The topological polar surface area (TPSA) is 118 Å². The molecule has 0 radical (unpaired) electrons. The van der Waals surface area contributed by atoms with Crippen molar-refractivity contribution < 1.29 is 4.79 Å². The smallest absolute Gasteiger partial charge is 0.264 e. The third kappa shape index (κ3) is 3.36. The predicted molar refractivity (Wildman–Crippen MR) is 132 cm³/mol. The van der Waals surface area contributed by atoms with Gasteiger partial charge in [0.25, 0.3) is 5.56 Å². The minimum Gasteiger partial charge on any atom is -0.385 e. The molecule has 0 saturated carbocycles. The van der Waals surface area contributed by atoms with Gasteiger partial charge in [0.15, 0.2) is 5.66 Å². The predicted octanol–water partition coefficient (Wildman–Crippen LogP) is 2.73. The van der Waals surface area contributed by atoms with Crippen molar-refractivity contribution in [2.75, 3.05) is 0 Å². The molecule has 2 aromatic heterocycles. The minimum absolute atomic E-state index is 0.172. The van der Waals surface area contributed by atoms with Crippen LogP contribution in [-0.4, -0.2) is 38.2 Å². The fourth-order valence-corrected chi connectivity index (χ4v) is 4.75. The number of allylic oxidation sites excluding steroid dienone is 1. The third-order valence-corrected chi connectivity index (χ3v) is 6.49. The van der Waals surface area contributed by atoms with E-state index in [1.54, 1.807) is 67.1 Å². The number of amidine groups is 1. The number of amides is 1. The second-order valence-corrected chi connectivity index (χ2v) is 8.78. The zero-order valence-corrected chi connectivity index (χ0v) is 19.3. The first-order valence-corrected chi connectivity index (χ1v) is 11.1. The molecule has 3 N–H and O–H groups in total. The second-order valence-electron chi connectivity index (χ2n) is 8.37. The van der Waals surface area contributed by atoms with Crippen molar-refractivity contribution in [1.82, 2.24) is 19.9 Å². The van der Waals surface area contributed by atoms with Crippen molar-refractivity contribution in [2.45, 2.75) is 25.6 Å². The molecule has 0 aliphatic carbocycles. The van der Waals surface area contributed by atoms with Crippen LogP contribution in [-0.2, 0) is 4.79 Å². The van der Waals surface area contributed by atoms with Crippen molar-refractivity contribution in [1.29, 1.82) is 0 Å². The lowest BCUT2D eigenvalue weighted by atomic mass is 9.92. The number of rotatable bonds is 4. The third-order valence-electron chi connectivity index (χ3n) is 6.17. The van der Waals surface area contributed by atoms with Crippen molar-refractivity contribution in [3.8, 4) is 5.69 Å². The lowest BCUT2D eigenvalue weighted by Crippen LogP contribution is -2.52. The Morgan fingerprint density at radius 3 is 2.88 bits per heavy atom. The van der Waals surface area contributed by atoms with Crippen LogP contribution >= 0.6 is 11.6 Å². The van der Waals surface area contributed by atoms with Crippen LogP contribution in [0.3, 0.4) is 0 Å². The number of halogens is 1. The van der Waals surface area contributed by atoms with Crippen LogP contribution in [0.4, 0.5) is 0 Å². The van der Waals surface area contributed by atoms with Crippen LogP contribution in [0.2, 0.25) is 5.02 Å². The van der Waals surface area contributed by atoms with Crippen molar-refractivity contribution in [3.05, 3.63) is 82.1 Å². The molecule has 0 bridgehead atoms. The second kappa shape index (κ2) is 8.11. The van der Waals surface area contributed by atoms with Gasteiger partial charge in [0, 0.05) is 24.3 Å². The van der Waals surface area contributed by atoms with Gasteiger partial charge < -0.3 is 11.1 Å². The van der Waals surface area contributed by atoms with Crippen LogP contribution in [0.5, 0.6) is 0 Å². The summed E-state index contributed by atoms with van der Waals surface area (Å²) in [7, 11) is 0. The van der Waals surface area contributed by atoms with E-state index in [9.17, 15) is 9.59 Å². The lowest BCUT2D eigenvalue weighted by Gasteiger charge is -2.34. The summed E-state index contributed by atoms with van der Waals surface area (Å²) in [5.74, 6) is -0.974. The summed E-state index contributed by atoms with van der Waals surface area (Å²) < 4.78 is 1.52. The van der Waals surface area contributed by atoms with Gasteiger partial charge in [-0.3, -0.25) is 24.1 Å². The van der Waals surface area contributed by atoms with E-state index < -0.39 is 17.6 Å². The molecule has 1 amide bonds. The Balaban J connectivity index is 1.57. The Bertz CT molecular complexity index is 1450. The minimum atomic E-state index is -0.956. The van der Waals surface area contributed by atoms with Crippen LogP contribution in [0.1, 0.15) is 25.6 Å². The molecule has 3 atom stereocenters. The molecule has 0 spiro atoms. The number of hydrazone groups is 1. The number of aromatic nitrogens is 2. The first kappa shape index (κ1) is 21.8. The normalized spacial score (nSPS) is 21.9. The maximum Gasteiger partial charge on any atom is 0.264 e. The van der Waals surface area contributed by atoms with Gasteiger partial charge in [-0.15, -0.1) is 0 Å². The standard InChI is InChI=1S/C24H22ClN7O2/c1-14(29-22(33)20-21(26)30-31-11-5-10-28-24(20,31)2)18-12-15-6-3-8-17(25)19(15)23(34)32(18)16-7-4-9-27-13-16/h3-14,20H,1-2H3,(H2,26,30)(H,29,33). The molecule has 34 heavy (non-hydrogen) atoms. The van der Waals surface area contributed by atoms with Crippen LogP contribution in [0, 0.1) is 5.92 Å². The van der Waals surface area contributed by atoms with Crippen LogP contribution < -0.4 is 16.6 Å². The van der Waals surface area contributed by atoms with E-state index in [2.05, 4.69) is 20.4 Å². The van der Waals surface area contributed by atoms with Crippen molar-refractivity contribution >= 4 is 40.3 Å². The molecule has 2 aliphatic heterocycles. The van der Waals surface area contributed by atoms with Gasteiger partial charge >= 0.3 is 0 Å². The molecule has 9 nitrogen and oxygen atoms in total. The summed E-state index contributed by atoms with van der Waals surface area (Å²) in [6, 6.07) is 10.1. The van der Waals surface area contributed by atoms with Gasteiger partial charge in [-0.2, -0.15) is 5.10 Å². The number of pyridine rings is 2. The molecule has 2 aliphatic rings. The molecule has 172 valence electrons. The van der Waals surface area contributed by atoms with E-state index in [0.29, 0.717) is 27.2 Å². The Labute approximate surface area is 200 Å². The molecular weight excluding hydrogens is 454 g/mol. The highest BCUT2D eigenvalue weighted by Gasteiger charge is 2.51. The van der Waals surface area contributed by atoms with Crippen molar-refractivity contribution in [3.63, 3.8) is 0 Å². The number of nitrogens with one attached hydrogen (secondary N) is 1. The Kier molecular flexibility index (Phi) is 5.21. The number of aliphatic imine (C=N–C) groups is 1. The molecule has 0 saturated heterocycles. The van der Waals surface area contributed by atoms with Gasteiger partial charge in [-0.1, -0.05) is 23.7 Å². The van der Waals surface area contributed by atoms with E-state index in [1.165, 1.54) is 4.57 Å². The maximum atomic E-state index is 13.6. The highest BCUT2D eigenvalue weighted by molar-refractivity contribution is 6.35. The Hall–Kier alpha value is -3.98. The molecule has 0 fully saturated rings. The summed E-state index contributed by atoms with van der Waals surface area (Å²) >= 11 is 6.37. The number of benzene rings is 1. The highest BCUT2D eigenvalue weighted by atomic mass is 35.5. The molecule has 5 rings (SSSR count). The largest absolute Gasteiger partial charge is 0.385 e. The molecular formula is C24H22ClN7O2. The Morgan fingerprint density at radius 1 is 1.29 bits per heavy atom. The number of nitrogens with zero attached hydrogens (tertiary/aromatic N) is 5. The number of nitrogens with two attached hydrogens (primary N) is 1. The van der Waals surface area contributed by atoms with Gasteiger partial charge in [0.05, 0.1) is 28.3 Å². The fraction of sp³-hybridized carbons (Fsp3) is 0.208. The van der Waals surface area contributed by atoms with Gasteiger partial charge in [0.1, 0.15) is 11.8 Å². The summed E-state index contributed by atoms with van der Waals surface area (Å²) in [5.41, 5.74) is 6.02. The van der Waals surface area contributed by atoms with E-state index in [4.69, 9.17) is 17.3 Å². The number of fused-ring (bicyclic) bond motifs is 2. The van der Waals surface area contributed by atoms with E-state index in [-0.39, 0.29) is 17.3 Å². The van der Waals surface area contributed by atoms with Crippen LogP contribution in [0.15, 0.2) is 76.0 Å². The highest BCUT2D eigenvalue weighted by Crippen LogP contribution is 2.35. The van der Waals surface area contributed by atoms with Gasteiger partial charge in [0.2, 0.25) is 5.91 Å². The Morgan fingerprint density at radius 2 is 2.12 bits per heavy atom. The monoisotopic (exact) mass is 475 g/mol. The molecule has 1 aromatic carbocycles. The van der Waals surface area contributed by atoms with E-state index in [0.717, 1.165) is 0 Å². The molecule has 4 heterocycles. The quantitative estimate of drug-likeness (QED) is 0.601. The first-order chi connectivity index (χ1) is 16.3. The number of carbonyl (C=O) groups is 1. The molecule has 10 heteroatoms. The van der Waals surface area contributed by atoms with Gasteiger partial charge in [-0.05, 0) is 49.6 Å². The maximum absolute atomic E-state index is 13.6. The summed E-state index contributed by atoms with van der Waals surface area (Å²) in [4.78, 5) is 35.6. The zero-order chi connectivity index (χ0) is 24.0. The average molecular weight is 476 g/mol. The average Bonchev–Trinajstić information content (AvgIpc) is 3.09. The molecule has 3 unspecified atom stereocenters. The van der Waals surface area contributed by atoms with Gasteiger partial charge in [-0.25, -0.2) is 5.01 Å². The SMILES string of the molecule is CC(NC(=O)C1C(N)=NN2C=CC=NC12C)c1cc2cccc(Cl)c2c(=O)n1-c1cccnc1. The van der Waals surface area contributed by atoms with E-state index in [1.807, 2.05) is 19.1 Å². The number of hydrogen-bond acceptors (Lipinski definition) is 7. The summed E-state index contributed by atoms with van der Waals surface area (Å²) in [6.07, 6.45) is 8.30. The lowest BCUT2D eigenvalue weighted by molar-refractivity contribution is -0.126. The number of carbonyl (C=O) groups excluding carboxylic acids is 1. The van der Waals surface area contributed by atoms with E-state index >= 15 is 0 Å². The summed E-state index contributed by atoms with van der Waals surface area (Å²) in [5, 5.41) is 10.3. The number of hydrogen-bond donors (Lipinski definition) is 2. The molecule has 3 aromatic rings.